The van der Waals surface area contributed by atoms with E-state index in [0.29, 0.717) is 18.8 Å². The molecule has 6 heteroatoms. The van der Waals surface area contributed by atoms with Gasteiger partial charge in [-0.25, -0.2) is 0 Å². The molecule has 1 aromatic carbocycles. The van der Waals surface area contributed by atoms with Crippen molar-refractivity contribution in [3.63, 3.8) is 0 Å². The van der Waals surface area contributed by atoms with Gasteiger partial charge in [0.1, 0.15) is 0 Å². The smallest absolute Gasteiger partial charge is 0.303 e. The molecule has 41 heavy (non-hydrogen) atoms. The van der Waals surface area contributed by atoms with E-state index in [1.165, 1.54) is 16.7 Å². The third-order valence-corrected chi connectivity index (χ3v) is 8.68. The van der Waals surface area contributed by atoms with Crippen molar-refractivity contribution in [2.75, 3.05) is 13.2 Å². The van der Waals surface area contributed by atoms with Gasteiger partial charge in [-0.1, -0.05) is 88.3 Å². The van der Waals surface area contributed by atoms with Gasteiger partial charge in [0.05, 0.1) is 18.8 Å². The van der Waals surface area contributed by atoms with Crippen molar-refractivity contribution < 1.29 is 30.3 Å². The number of hydrogen-bond donors (Lipinski definition) is 5. The molecule has 1 aliphatic carbocycles. The van der Waals surface area contributed by atoms with Crippen LogP contribution >= 0.6 is 0 Å². The van der Waals surface area contributed by atoms with Gasteiger partial charge in [-0.3, -0.25) is 4.79 Å². The molecule has 4 atom stereocenters. The Bertz CT molecular complexity index is 952. The van der Waals surface area contributed by atoms with Crippen molar-refractivity contribution in [1.29, 1.82) is 0 Å². The number of carbonyl (C=O) groups is 1. The SMILES string of the molecule is CCCCCC(O)C=CC1=C(CC(O)CO)CC(CCCCCC(=O)O)CCc2c(cccc2C(C)CCO)CC1. The highest BCUT2D eigenvalue weighted by atomic mass is 16.4. The Balaban J connectivity index is 2.43. The maximum absolute atomic E-state index is 11.0. The number of unbranched alkanes of at least 4 members (excludes halogenated alkanes) is 4. The number of aryl methyl sites for hydroxylation is 1. The van der Waals surface area contributed by atoms with Crippen LogP contribution in [0.5, 0.6) is 0 Å². The van der Waals surface area contributed by atoms with E-state index in [0.717, 1.165) is 94.6 Å². The van der Waals surface area contributed by atoms with Crippen LogP contribution in [0.1, 0.15) is 126 Å². The molecule has 5 N–H and O–H groups in total. The maximum atomic E-state index is 11.0. The van der Waals surface area contributed by atoms with Crippen molar-refractivity contribution >= 4 is 5.97 Å². The highest BCUT2D eigenvalue weighted by Gasteiger charge is 2.22. The molecule has 0 saturated carbocycles. The average Bonchev–Trinajstić information content (AvgIpc) is 2.95. The van der Waals surface area contributed by atoms with Gasteiger partial charge in [0.15, 0.2) is 0 Å². The third-order valence-electron chi connectivity index (χ3n) is 8.68. The number of hydrogen-bond acceptors (Lipinski definition) is 5. The van der Waals surface area contributed by atoms with Gasteiger partial charge in [-0.2, -0.15) is 0 Å². The Hall–Kier alpha value is -1.99. The zero-order valence-electron chi connectivity index (χ0n) is 25.6. The third kappa shape index (κ3) is 13.2. The molecule has 0 radical (unpaired) electrons. The van der Waals surface area contributed by atoms with Crippen molar-refractivity contribution in [2.45, 2.75) is 135 Å². The summed E-state index contributed by atoms with van der Waals surface area (Å²) in [5, 5.41) is 49.5. The number of rotatable bonds is 18. The largest absolute Gasteiger partial charge is 0.481 e. The molecule has 1 aromatic rings. The molecule has 0 fully saturated rings. The summed E-state index contributed by atoms with van der Waals surface area (Å²) in [5.41, 5.74) is 6.34. The maximum Gasteiger partial charge on any atom is 0.303 e. The van der Waals surface area contributed by atoms with Crippen molar-refractivity contribution in [3.8, 4) is 0 Å². The van der Waals surface area contributed by atoms with E-state index in [1.807, 2.05) is 6.08 Å². The summed E-state index contributed by atoms with van der Waals surface area (Å²) >= 11 is 0. The quantitative estimate of drug-likeness (QED) is 0.126. The molecule has 0 spiro atoms. The van der Waals surface area contributed by atoms with Crippen LogP contribution in [0.3, 0.4) is 0 Å². The number of carboxylic acids is 1. The Morgan fingerprint density at radius 2 is 1.83 bits per heavy atom. The second kappa shape index (κ2) is 20.0. The zero-order valence-corrected chi connectivity index (χ0v) is 25.6. The molecule has 0 heterocycles. The Morgan fingerprint density at radius 1 is 1.02 bits per heavy atom. The number of carboxylic acid groups (broad SMARTS) is 1. The highest BCUT2D eigenvalue weighted by Crippen LogP contribution is 2.35. The Labute approximate surface area is 248 Å². The van der Waals surface area contributed by atoms with E-state index in [9.17, 15) is 25.2 Å². The molecule has 0 aliphatic heterocycles. The first-order chi connectivity index (χ1) is 19.8. The zero-order chi connectivity index (χ0) is 30.0. The Kier molecular flexibility index (Phi) is 17.2. The fraction of sp³-hybridized carbons (Fsp3) is 0.686. The van der Waals surface area contributed by atoms with Crippen LogP contribution in [0.4, 0.5) is 0 Å². The number of fused-ring (bicyclic) bond motifs is 1. The molecular weight excluding hydrogens is 516 g/mol. The highest BCUT2D eigenvalue weighted by molar-refractivity contribution is 5.66. The first kappa shape index (κ1) is 35.2. The van der Waals surface area contributed by atoms with Crippen LogP contribution in [0, 0.1) is 5.92 Å². The van der Waals surface area contributed by atoms with Gasteiger partial charge in [0.25, 0.3) is 0 Å². The topological polar surface area (TPSA) is 118 Å². The molecule has 0 aromatic heterocycles. The predicted molar refractivity (Wildman–Crippen MR) is 166 cm³/mol. The van der Waals surface area contributed by atoms with E-state index in [-0.39, 0.29) is 25.6 Å². The number of allylic oxidation sites excluding steroid dienone is 2. The number of aliphatic hydroxyl groups excluding tert-OH is 4. The summed E-state index contributed by atoms with van der Waals surface area (Å²) < 4.78 is 0. The lowest BCUT2D eigenvalue weighted by Gasteiger charge is -2.27. The van der Waals surface area contributed by atoms with Crippen molar-refractivity contribution in [3.05, 3.63) is 58.2 Å². The molecule has 0 amide bonds. The molecule has 0 bridgehead atoms. The molecule has 6 nitrogen and oxygen atoms in total. The minimum absolute atomic E-state index is 0.165. The standard InChI is InChI=1S/C35H56O6/c1-3-4-6-12-31(38)19-18-28-16-17-29-11-9-13-33(26(2)21-22-36)34(29)20-15-27(10-7-5-8-14-35(40)41)23-30(28)24-32(39)25-37/h9,11,13,18-19,26-27,31-32,36-39H,3-8,10,12,14-17,20-25H2,1-2H3,(H,40,41). The monoisotopic (exact) mass is 572 g/mol. The summed E-state index contributed by atoms with van der Waals surface area (Å²) in [7, 11) is 0. The van der Waals surface area contributed by atoms with Crippen molar-refractivity contribution in [1.82, 2.24) is 0 Å². The fourth-order valence-electron chi connectivity index (χ4n) is 6.20. The number of aliphatic hydroxyl groups is 4. The number of benzene rings is 1. The van der Waals surface area contributed by atoms with Gasteiger partial charge in [0.2, 0.25) is 0 Å². The normalized spacial score (nSPS) is 18.7. The lowest BCUT2D eigenvalue weighted by Crippen LogP contribution is -2.17. The van der Waals surface area contributed by atoms with E-state index in [2.05, 4.69) is 38.1 Å². The van der Waals surface area contributed by atoms with Gasteiger partial charge in [0, 0.05) is 13.0 Å². The van der Waals surface area contributed by atoms with Crippen LogP contribution in [-0.2, 0) is 17.6 Å². The van der Waals surface area contributed by atoms with E-state index in [1.54, 1.807) is 0 Å². The summed E-state index contributed by atoms with van der Waals surface area (Å²) in [6, 6.07) is 6.55. The van der Waals surface area contributed by atoms with Crippen LogP contribution < -0.4 is 0 Å². The lowest BCUT2D eigenvalue weighted by atomic mass is 9.79. The first-order valence-corrected chi connectivity index (χ1v) is 16.1. The van der Waals surface area contributed by atoms with Crippen LogP contribution in [0.25, 0.3) is 0 Å². The van der Waals surface area contributed by atoms with E-state index >= 15 is 0 Å². The summed E-state index contributed by atoms with van der Waals surface area (Å²) in [6.45, 7) is 4.22. The number of aliphatic carboxylic acids is 1. The van der Waals surface area contributed by atoms with E-state index < -0.39 is 18.2 Å². The second-order valence-electron chi connectivity index (χ2n) is 12.1. The van der Waals surface area contributed by atoms with Crippen LogP contribution in [0.15, 0.2) is 41.5 Å². The summed E-state index contributed by atoms with van der Waals surface area (Å²) in [5.74, 6) is -0.108. The molecule has 4 unspecified atom stereocenters. The molecule has 1 aliphatic rings. The molecular formula is C35H56O6. The molecule has 0 saturated heterocycles. The molecule has 232 valence electrons. The average molecular weight is 573 g/mol. The van der Waals surface area contributed by atoms with Crippen molar-refractivity contribution in [2.24, 2.45) is 5.92 Å². The fourth-order valence-corrected chi connectivity index (χ4v) is 6.20. The lowest BCUT2D eigenvalue weighted by molar-refractivity contribution is -0.137. The Morgan fingerprint density at radius 3 is 2.54 bits per heavy atom. The molecule has 2 rings (SSSR count). The minimum Gasteiger partial charge on any atom is -0.481 e. The van der Waals surface area contributed by atoms with Crippen LogP contribution in [0.2, 0.25) is 0 Å². The van der Waals surface area contributed by atoms with Gasteiger partial charge >= 0.3 is 5.97 Å². The summed E-state index contributed by atoms with van der Waals surface area (Å²) in [6.07, 6.45) is 15.9. The summed E-state index contributed by atoms with van der Waals surface area (Å²) in [4.78, 5) is 11.0. The van der Waals surface area contributed by atoms with Crippen LogP contribution in [-0.4, -0.2) is 56.9 Å². The predicted octanol–water partition coefficient (Wildman–Crippen LogP) is 6.63. The van der Waals surface area contributed by atoms with Gasteiger partial charge in [-0.15, -0.1) is 0 Å². The van der Waals surface area contributed by atoms with Gasteiger partial charge in [-0.05, 0) is 91.9 Å². The second-order valence-corrected chi connectivity index (χ2v) is 12.1. The van der Waals surface area contributed by atoms with Gasteiger partial charge < -0.3 is 25.5 Å². The first-order valence-electron chi connectivity index (χ1n) is 16.1. The minimum atomic E-state index is -0.819. The van der Waals surface area contributed by atoms with E-state index in [4.69, 9.17) is 5.11 Å².